The van der Waals surface area contributed by atoms with Crippen LogP contribution in [0.1, 0.15) is 17.0 Å². The molecule has 0 aliphatic rings. The van der Waals surface area contributed by atoms with Gasteiger partial charge in [0.1, 0.15) is 18.1 Å². The van der Waals surface area contributed by atoms with Crippen LogP contribution in [0.2, 0.25) is 0 Å². The second-order valence-corrected chi connectivity index (χ2v) is 5.45. The van der Waals surface area contributed by atoms with Crippen LogP contribution in [-0.2, 0) is 6.61 Å². The lowest BCUT2D eigenvalue weighted by molar-refractivity contribution is 0.284. The largest absolute Gasteiger partial charge is 0.484 e. The molecule has 0 unspecified atom stereocenters. The van der Waals surface area contributed by atoms with Gasteiger partial charge in [0.05, 0.1) is 6.61 Å². The zero-order valence-corrected chi connectivity index (χ0v) is 13.8. The lowest BCUT2D eigenvalue weighted by Gasteiger charge is -2.06. The van der Waals surface area contributed by atoms with E-state index in [9.17, 15) is 4.39 Å². The van der Waals surface area contributed by atoms with Gasteiger partial charge in [-0.05, 0) is 36.8 Å². The molecular weight excluding hydrogens is 321 g/mol. The average molecular weight is 339 g/mol. The summed E-state index contributed by atoms with van der Waals surface area (Å²) in [6.07, 6.45) is 3.18. The fourth-order valence-electron chi connectivity index (χ4n) is 2.34. The molecule has 128 valence electrons. The van der Waals surface area contributed by atoms with Crippen LogP contribution < -0.4 is 4.74 Å². The smallest absolute Gasteiger partial charge is 0.226 e. The van der Waals surface area contributed by atoms with Crippen LogP contribution >= 0.6 is 0 Å². The first-order valence-corrected chi connectivity index (χ1v) is 7.89. The zero-order valence-electron chi connectivity index (χ0n) is 13.8. The van der Waals surface area contributed by atoms with Gasteiger partial charge >= 0.3 is 0 Å². The number of rotatable bonds is 6. The minimum Gasteiger partial charge on any atom is -0.484 e. The summed E-state index contributed by atoms with van der Waals surface area (Å²) in [6, 6.07) is 14.2. The van der Waals surface area contributed by atoms with E-state index in [1.165, 1.54) is 6.07 Å². The third-order valence-electron chi connectivity index (χ3n) is 3.65. The molecule has 0 bridgehead atoms. The average Bonchev–Trinajstić information content (AvgIpc) is 3.01. The van der Waals surface area contributed by atoms with E-state index >= 15 is 0 Å². The highest BCUT2D eigenvalue weighted by atomic mass is 19.1. The van der Waals surface area contributed by atoms with Crippen LogP contribution in [0.25, 0.3) is 17.5 Å². The first-order valence-electron chi connectivity index (χ1n) is 7.89. The van der Waals surface area contributed by atoms with Crippen molar-refractivity contribution in [3.05, 3.63) is 77.4 Å². The number of oxazole rings is 1. The van der Waals surface area contributed by atoms with Gasteiger partial charge in [-0.1, -0.05) is 36.4 Å². The van der Waals surface area contributed by atoms with Crippen molar-refractivity contribution in [1.82, 2.24) is 4.98 Å². The topological polar surface area (TPSA) is 55.5 Å². The van der Waals surface area contributed by atoms with E-state index in [1.807, 2.05) is 30.3 Å². The molecule has 3 rings (SSSR count). The highest BCUT2D eigenvalue weighted by Crippen LogP contribution is 2.24. The summed E-state index contributed by atoms with van der Waals surface area (Å²) < 4.78 is 25.3. The van der Waals surface area contributed by atoms with Gasteiger partial charge in [0.15, 0.2) is 11.6 Å². The molecular formula is C20H18FNO3. The number of aliphatic hydroxyl groups is 1. The molecule has 0 aliphatic carbocycles. The summed E-state index contributed by atoms with van der Waals surface area (Å²) >= 11 is 0. The van der Waals surface area contributed by atoms with E-state index in [1.54, 1.807) is 31.2 Å². The van der Waals surface area contributed by atoms with Gasteiger partial charge in [0.2, 0.25) is 5.89 Å². The Morgan fingerprint density at radius 3 is 2.72 bits per heavy atom. The van der Waals surface area contributed by atoms with Gasteiger partial charge in [-0.15, -0.1) is 0 Å². The summed E-state index contributed by atoms with van der Waals surface area (Å²) in [4.78, 5) is 4.43. The third kappa shape index (κ3) is 4.14. The maximum atomic E-state index is 14.1. The molecule has 0 aliphatic heterocycles. The highest BCUT2D eigenvalue weighted by molar-refractivity contribution is 5.53. The molecule has 3 aromatic rings. The second kappa shape index (κ2) is 7.77. The molecule has 0 saturated heterocycles. The van der Waals surface area contributed by atoms with Crippen LogP contribution in [0, 0.1) is 12.7 Å². The van der Waals surface area contributed by atoms with Gasteiger partial charge in [0.25, 0.3) is 0 Å². The molecule has 4 nitrogen and oxygen atoms in total. The monoisotopic (exact) mass is 339 g/mol. The van der Waals surface area contributed by atoms with E-state index in [0.717, 1.165) is 5.56 Å². The van der Waals surface area contributed by atoms with Crippen LogP contribution in [0.3, 0.4) is 0 Å². The Balaban J connectivity index is 1.72. The number of nitrogens with zero attached hydrogens (tertiary/aromatic N) is 1. The molecule has 1 heterocycles. The van der Waals surface area contributed by atoms with Crippen molar-refractivity contribution >= 4 is 6.08 Å². The van der Waals surface area contributed by atoms with E-state index < -0.39 is 5.82 Å². The Kier molecular flexibility index (Phi) is 5.26. The zero-order chi connectivity index (χ0) is 17.6. The van der Waals surface area contributed by atoms with Crippen molar-refractivity contribution < 1.29 is 18.7 Å². The molecule has 0 saturated carbocycles. The Labute approximate surface area is 145 Å². The molecule has 0 spiro atoms. The highest BCUT2D eigenvalue weighted by Gasteiger charge is 2.13. The second-order valence-electron chi connectivity index (χ2n) is 5.45. The van der Waals surface area contributed by atoms with Gasteiger partial charge in [0, 0.05) is 5.56 Å². The number of aliphatic hydroxyl groups excluding tert-OH is 1. The van der Waals surface area contributed by atoms with Gasteiger partial charge in [-0.2, -0.15) is 0 Å². The predicted octanol–water partition coefficient (Wildman–Crippen LogP) is 4.37. The maximum Gasteiger partial charge on any atom is 0.226 e. The van der Waals surface area contributed by atoms with Crippen molar-refractivity contribution in [1.29, 1.82) is 0 Å². The van der Waals surface area contributed by atoms with Crippen molar-refractivity contribution in [3.8, 4) is 17.2 Å². The number of hydrogen-bond donors (Lipinski definition) is 1. The van der Waals surface area contributed by atoms with Crippen molar-refractivity contribution in [2.45, 2.75) is 13.5 Å². The standard InChI is InChI=1S/C20H18FNO3/c1-14-18(22-20(25-14)16-7-3-2-4-8-16)13-24-19-10-9-15(6-5-11-23)12-17(19)21/h2-10,12,23H,11,13H2,1H3/b6-5+. The Hall–Kier alpha value is -2.92. The number of hydrogen-bond acceptors (Lipinski definition) is 4. The lowest BCUT2D eigenvalue weighted by Crippen LogP contribution is -1.99. The first kappa shape index (κ1) is 16.9. The third-order valence-corrected chi connectivity index (χ3v) is 3.65. The van der Waals surface area contributed by atoms with E-state index in [-0.39, 0.29) is 19.0 Å². The Bertz CT molecular complexity index is 872. The van der Waals surface area contributed by atoms with Crippen molar-refractivity contribution in [2.75, 3.05) is 6.61 Å². The summed E-state index contributed by atoms with van der Waals surface area (Å²) in [5.74, 6) is 0.831. The predicted molar refractivity (Wildman–Crippen MR) is 93.5 cm³/mol. The van der Waals surface area contributed by atoms with Gasteiger partial charge < -0.3 is 14.3 Å². The van der Waals surface area contributed by atoms with Crippen molar-refractivity contribution in [3.63, 3.8) is 0 Å². The molecule has 5 heteroatoms. The van der Waals surface area contributed by atoms with Gasteiger partial charge in [-0.25, -0.2) is 9.37 Å². The first-order chi connectivity index (χ1) is 12.2. The maximum absolute atomic E-state index is 14.1. The summed E-state index contributed by atoms with van der Waals surface area (Å²) in [5, 5.41) is 8.75. The van der Waals surface area contributed by atoms with Gasteiger partial charge in [-0.3, -0.25) is 0 Å². The van der Waals surface area contributed by atoms with E-state index in [0.29, 0.717) is 22.9 Å². The minimum atomic E-state index is -0.468. The number of aromatic nitrogens is 1. The Morgan fingerprint density at radius 1 is 1.20 bits per heavy atom. The van der Waals surface area contributed by atoms with E-state index in [4.69, 9.17) is 14.3 Å². The molecule has 0 amide bonds. The minimum absolute atomic E-state index is 0.0882. The molecule has 0 radical (unpaired) electrons. The molecule has 25 heavy (non-hydrogen) atoms. The fraction of sp³-hybridized carbons (Fsp3) is 0.150. The molecule has 2 aromatic carbocycles. The molecule has 1 N–H and O–H groups in total. The van der Waals surface area contributed by atoms with Crippen molar-refractivity contribution in [2.24, 2.45) is 0 Å². The molecule has 0 fully saturated rings. The summed E-state index contributed by atoms with van der Waals surface area (Å²) in [6.45, 7) is 1.83. The fourth-order valence-corrected chi connectivity index (χ4v) is 2.34. The summed E-state index contributed by atoms with van der Waals surface area (Å²) in [5.41, 5.74) is 2.16. The number of benzene rings is 2. The molecule has 1 aromatic heterocycles. The number of ether oxygens (including phenoxy) is 1. The quantitative estimate of drug-likeness (QED) is 0.724. The Morgan fingerprint density at radius 2 is 2.00 bits per heavy atom. The molecule has 0 atom stereocenters. The van der Waals surface area contributed by atoms with Crippen LogP contribution in [-0.4, -0.2) is 16.7 Å². The summed E-state index contributed by atoms with van der Waals surface area (Å²) in [7, 11) is 0. The lowest BCUT2D eigenvalue weighted by atomic mass is 10.2. The van der Waals surface area contributed by atoms with Crippen LogP contribution in [0.4, 0.5) is 4.39 Å². The van der Waals surface area contributed by atoms with Crippen LogP contribution in [0.5, 0.6) is 5.75 Å². The van der Waals surface area contributed by atoms with Crippen LogP contribution in [0.15, 0.2) is 59.0 Å². The number of aryl methyl sites for hydroxylation is 1. The SMILES string of the molecule is Cc1oc(-c2ccccc2)nc1COc1ccc(/C=C/CO)cc1F. The normalized spacial score (nSPS) is 11.2. The van der Waals surface area contributed by atoms with E-state index in [2.05, 4.69) is 4.98 Å². The number of halogens is 1.